The van der Waals surface area contributed by atoms with Crippen LogP contribution in [0, 0.1) is 12.3 Å². The van der Waals surface area contributed by atoms with E-state index in [1.165, 1.54) is 0 Å². The van der Waals surface area contributed by atoms with Crippen molar-refractivity contribution in [1.82, 2.24) is 19.9 Å². The number of anilines is 1. The summed E-state index contributed by atoms with van der Waals surface area (Å²) in [7, 11) is 0. The molecule has 1 N–H and O–H groups in total. The zero-order chi connectivity index (χ0) is 20.5. The molecule has 0 bridgehead atoms. The van der Waals surface area contributed by atoms with E-state index in [4.69, 9.17) is 9.97 Å². The number of rotatable bonds is 4. The zero-order valence-corrected chi connectivity index (χ0v) is 18.6. The van der Waals surface area contributed by atoms with Gasteiger partial charge in [-0.05, 0) is 33.6 Å². The fourth-order valence-electron chi connectivity index (χ4n) is 3.50. The van der Waals surface area contributed by atoms with Gasteiger partial charge >= 0.3 is 0 Å². The minimum absolute atomic E-state index is 0.213. The minimum Gasteiger partial charge on any atom is -0.368 e. The molecule has 1 aliphatic heterocycles. The number of nitrogens with zero attached hydrogens (tertiary/aromatic N) is 4. The van der Waals surface area contributed by atoms with Gasteiger partial charge in [0.25, 0.3) is 0 Å². The normalized spacial score (nSPS) is 17.8. The molecule has 2 aromatic heterocycles. The molecule has 0 radical (unpaired) electrons. The van der Waals surface area contributed by atoms with Crippen molar-refractivity contribution in [3.8, 4) is 10.7 Å². The summed E-state index contributed by atoms with van der Waals surface area (Å²) >= 11 is 1.60. The summed E-state index contributed by atoms with van der Waals surface area (Å²) < 4.78 is 0. The lowest BCUT2D eigenvalue weighted by Gasteiger charge is -2.36. The highest BCUT2D eigenvalue weighted by molar-refractivity contribution is 7.14. The van der Waals surface area contributed by atoms with Gasteiger partial charge in [-0.1, -0.05) is 20.8 Å². The third-order valence-electron chi connectivity index (χ3n) is 4.79. The summed E-state index contributed by atoms with van der Waals surface area (Å²) in [5.74, 6) is 1.99. The van der Waals surface area contributed by atoms with E-state index >= 15 is 0 Å². The molecule has 0 saturated carbocycles. The van der Waals surface area contributed by atoms with Gasteiger partial charge in [0.1, 0.15) is 5.82 Å². The Hall–Kier alpha value is -2.02. The lowest BCUT2D eigenvalue weighted by atomic mass is 9.90. The van der Waals surface area contributed by atoms with Gasteiger partial charge in [0.15, 0.2) is 5.82 Å². The van der Waals surface area contributed by atoms with E-state index in [1.54, 1.807) is 11.3 Å². The molecule has 0 aromatic carbocycles. The van der Waals surface area contributed by atoms with Crippen molar-refractivity contribution in [3.05, 3.63) is 23.0 Å². The molecule has 0 aliphatic carbocycles. The van der Waals surface area contributed by atoms with Crippen molar-refractivity contribution in [1.29, 1.82) is 0 Å². The zero-order valence-electron chi connectivity index (χ0n) is 17.7. The minimum atomic E-state index is -0.358. The second-order valence-electron chi connectivity index (χ2n) is 8.88. The molecule has 2 aromatic rings. The second kappa shape index (κ2) is 8.15. The van der Waals surface area contributed by atoms with E-state index in [0.29, 0.717) is 5.82 Å². The Morgan fingerprint density at radius 2 is 2.07 bits per heavy atom. The number of carbonyl (C=O) groups is 1. The molecule has 152 valence electrons. The first-order chi connectivity index (χ1) is 13.1. The number of thiazole rings is 1. The van der Waals surface area contributed by atoms with Gasteiger partial charge in [-0.25, -0.2) is 15.0 Å². The summed E-state index contributed by atoms with van der Waals surface area (Å²) in [5.41, 5.74) is 0.647. The molecule has 6 nitrogen and oxygen atoms in total. The van der Waals surface area contributed by atoms with Crippen LogP contribution >= 0.6 is 11.3 Å². The number of likely N-dealkylation sites (tertiary alicyclic amines) is 1. The fourth-order valence-corrected chi connectivity index (χ4v) is 4.21. The number of nitrogens with one attached hydrogen (secondary N) is 1. The van der Waals surface area contributed by atoms with Gasteiger partial charge in [0, 0.05) is 42.7 Å². The van der Waals surface area contributed by atoms with Crippen LogP contribution < -0.4 is 5.32 Å². The molecule has 1 atom stereocenters. The number of piperidine rings is 1. The highest BCUT2D eigenvalue weighted by Gasteiger charge is 2.32. The largest absolute Gasteiger partial charge is 0.368 e. The van der Waals surface area contributed by atoms with E-state index < -0.39 is 0 Å². The van der Waals surface area contributed by atoms with E-state index in [-0.39, 0.29) is 23.3 Å². The van der Waals surface area contributed by atoms with Crippen LogP contribution in [0.15, 0.2) is 12.3 Å². The Balaban J connectivity index is 1.92. The van der Waals surface area contributed by atoms with E-state index in [0.717, 1.165) is 47.3 Å². The van der Waals surface area contributed by atoms with Gasteiger partial charge < -0.3 is 10.2 Å². The molecular weight excluding hydrogens is 370 g/mol. The first-order valence-corrected chi connectivity index (χ1v) is 10.8. The first kappa shape index (κ1) is 20.7. The average Bonchev–Trinajstić information content (AvgIpc) is 3.06. The molecule has 3 heterocycles. The highest BCUT2D eigenvalue weighted by Crippen LogP contribution is 2.32. The Labute approximate surface area is 171 Å². The maximum atomic E-state index is 12.8. The maximum Gasteiger partial charge on any atom is 0.227 e. The number of hydrogen-bond acceptors (Lipinski definition) is 6. The van der Waals surface area contributed by atoms with Crippen LogP contribution in [0.3, 0.4) is 0 Å². The van der Waals surface area contributed by atoms with E-state index in [1.807, 2.05) is 44.9 Å². The van der Waals surface area contributed by atoms with Crippen LogP contribution in [0.5, 0.6) is 0 Å². The summed E-state index contributed by atoms with van der Waals surface area (Å²) in [6.07, 6.45) is 3.88. The highest BCUT2D eigenvalue weighted by atomic mass is 32.1. The van der Waals surface area contributed by atoms with Crippen molar-refractivity contribution in [2.75, 3.05) is 18.4 Å². The van der Waals surface area contributed by atoms with Crippen LogP contribution in [0.4, 0.5) is 5.82 Å². The third-order valence-corrected chi connectivity index (χ3v) is 5.70. The Morgan fingerprint density at radius 3 is 2.68 bits per heavy atom. The van der Waals surface area contributed by atoms with Crippen LogP contribution in [-0.4, -0.2) is 44.9 Å². The Morgan fingerprint density at radius 1 is 1.32 bits per heavy atom. The summed E-state index contributed by atoms with van der Waals surface area (Å²) in [5, 5.41) is 4.41. The first-order valence-electron chi connectivity index (χ1n) is 10.0. The van der Waals surface area contributed by atoms with Gasteiger partial charge in [0.05, 0.1) is 15.6 Å². The quantitative estimate of drug-likeness (QED) is 0.818. The van der Waals surface area contributed by atoms with Crippen molar-refractivity contribution in [3.63, 3.8) is 0 Å². The standard InChI is InChI=1S/C21H31N5OS/c1-13(2)23-18-10-16(24-19(25-18)17-11-22-14(3)28-17)15-8-7-9-26(12-15)20(27)21(4,5)6/h10-11,13,15H,7-9,12H2,1-6H3,(H,23,24,25). The monoisotopic (exact) mass is 401 g/mol. The fraction of sp³-hybridized carbons (Fsp3) is 0.619. The molecule has 7 heteroatoms. The SMILES string of the molecule is Cc1ncc(-c2nc(NC(C)C)cc(C3CCCN(C(=O)C(C)(C)C)C3)n2)s1. The summed E-state index contributed by atoms with van der Waals surface area (Å²) in [6, 6.07) is 2.33. The predicted octanol–water partition coefficient (Wildman–Crippen LogP) is 4.48. The van der Waals surface area contributed by atoms with Crippen molar-refractivity contribution in [2.45, 2.75) is 66.3 Å². The Bertz CT molecular complexity index is 840. The van der Waals surface area contributed by atoms with Gasteiger partial charge in [-0.15, -0.1) is 11.3 Å². The molecule has 1 unspecified atom stereocenters. The molecule has 28 heavy (non-hydrogen) atoms. The smallest absolute Gasteiger partial charge is 0.227 e. The van der Waals surface area contributed by atoms with Gasteiger partial charge in [0.2, 0.25) is 5.91 Å². The second-order valence-corrected chi connectivity index (χ2v) is 10.1. The number of amides is 1. The third kappa shape index (κ3) is 4.87. The van der Waals surface area contributed by atoms with Crippen molar-refractivity contribution < 1.29 is 4.79 Å². The molecule has 3 rings (SSSR count). The van der Waals surface area contributed by atoms with Gasteiger partial charge in [-0.2, -0.15) is 0 Å². The van der Waals surface area contributed by atoms with Crippen LogP contribution in [0.1, 0.15) is 64.1 Å². The van der Waals surface area contributed by atoms with Crippen LogP contribution in [0.2, 0.25) is 0 Å². The van der Waals surface area contributed by atoms with E-state index in [9.17, 15) is 4.79 Å². The van der Waals surface area contributed by atoms with E-state index in [2.05, 4.69) is 24.1 Å². The molecule has 1 fully saturated rings. The number of carbonyl (C=O) groups excluding carboxylic acids is 1. The molecule has 1 aliphatic rings. The summed E-state index contributed by atoms with van der Waals surface area (Å²) in [4.78, 5) is 29.7. The maximum absolute atomic E-state index is 12.8. The van der Waals surface area contributed by atoms with Gasteiger partial charge in [-0.3, -0.25) is 4.79 Å². The molecule has 1 amide bonds. The molecule has 0 spiro atoms. The Kier molecular flexibility index (Phi) is 6.03. The summed E-state index contributed by atoms with van der Waals surface area (Å²) in [6.45, 7) is 13.7. The average molecular weight is 402 g/mol. The predicted molar refractivity (Wildman–Crippen MR) is 115 cm³/mol. The molecule has 1 saturated heterocycles. The number of aromatic nitrogens is 3. The van der Waals surface area contributed by atoms with Crippen LogP contribution in [0.25, 0.3) is 10.7 Å². The molecular formula is C21H31N5OS. The number of hydrogen-bond donors (Lipinski definition) is 1. The topological polar surface area (TPSA) is 71.0 Å². The van der Waals surface area contributed by atoms with Crippen molar-refractivity contribution in [2.24, 2.45) is 5.41 Å². The van der Waals surface area contributed by atoms with Crippen molar-refractivity contribution >= 4 is 23.1 Å². The lowest BCUT2D eigenvalue weighted by molar-refractivity contribution is -0.140. The lowest BCUT2D eigenvalue weighted by Crippen LogP contribution is -2.44. The van der Waals surface area contributed by atoms with Crippen LogP contribution in [-0.2, 0) is 4.79 Å². The number of aryl methyl sites for hydroxylation is 1.